The second kappa shape index (κ2) is 12.9. The Morgan fingerprint density at radius 3 is 2.56 bits per heavy atom. The third-order valence-corrected chi connectivity index (χ3v) is 3.49. The molecular weight excluding hydrogens is 365 g/mol. The predicted molar refractivity (Wildman–Crippen MR) is 104 cm³/mol. The van der Waals surface area contributed by atoms with E-state index in [1.165, 1.54) is 0 Å². The van der Waals surface area contributed by atoms with Gasteiger partial charge in [-0.25, -0.2) is 0 Å². The average molecular weight is 392 g/mol. The minimum Gasteiger partial charge on any atom is -0.383 e. The van der Waals surface area contributed by atoms with Crippen LogP contribution in [0.2, 0.25) is 5.02 Å². The van der Waals surface area contributed by atoms with Crippen LogP contribution in [0.15, 0.2) is 18.2 Å². The molecule has 1 rings (SSSR count). The van der Waals surface area contributed by atoms with Crippen molar-refractivity contribution in [3.8, 4) is 0 Å². The van der Waals surface area contributed by atoms with Gasteiger partial charge in [-0.05, 0) is 24.1 Å². The summed E-state index contributed by atoms with van der Waals surface area (Å²) in [7, 11) is 1.64. The van der Waals surface area contributed by atoms with Gasteiger partial charge >= 0.3 is 0 Å². The molecule has 6 nitrogen and oxygen atoms in total. The summed E-state index contributed by atoms with van der Waals surface area (Å²) in [6, 6.07) is 4.89. The van der Waals surface area contributed by atoms with Crippen molar-refractivity contribution in [2.45, 2.75) is 20.3 Å². The van der Waals surface area contributed by atoms with E-state index in [-0.39, 0.29) is 30.1 Å². The minimum absolute atomic E-state index is 0. The smallest absolute Gasteiger partial charge is 0.252 e. The van der Waals surface area contributed by atoms with Crippen LogP contribution >= 0.6 is 24.0 Å². The van der Waals surface area contributed by atoms with Gasteiger partial charge in [-0.2, -0.15) is 0 Å². The van der Waals surface area contributed by atoms with E-state index in [2.05, 4.69) is 16.0 Å². The highest BCUT2D eigenvalue weighted by Crippen LogP contribution is 2.21. The van der Waals surface area contributed by atoms with Crippen molar-refractivity contribution in [2.75, 3.05) is 38.7 Å². The van der Waals surface area contributed by atoms with Crippen LogP contribution < -0.4 is 16.0 Å². The van der Waals surface area contributed by atoms with E-state index in [1.807, 2.05) is 13.8 Å². The summed E-state index contributed by atoms with van der Waals surface area (Å²) in [5.74, 6) is -0.0831. The summed E-state index contributed by atoms with van der Waals surface area (Å²) < 4.78 is 4.92. The molecule has 0 atom stereocenters. The normalized spacial score (nSPS) is 10.3. The molecule has 0 spiro atoms. The Kier molecular flexibility index (Phi) is 12.2. The number of nitrogens with one attached hydrogen (secondary N) is 3. The van der Waals surface area contributed by atoms with E-state index in [0.717, 1.165) is 6.54 Å². The van der Waals surface area contributed by atoms with Crippen LogP contribution in [0.25, 0.3) is 0 Å². The van der Waals surface area contributed by atoms with Gasteiger partial charge in [-0.3, -0.25) is 9.59 Å². The van der Waals surface area contributed by atoms with E-state index in [0.29, 0.717) is 42.4 Å². The number of rotatable bonds is 10. The average Bonchev–Trinajstić information content (AvgIpc) is 2.51. The molecule has 25 heavy (non-hydrogen) atoms. The monoisotopic (exact) mass is 391 g/mol. The fraction of sp³-hybridized carbons (Fsp3) is 0.529. The fourth-order valence-electron chi connectivity index (χ4n) is 2.02. The SMILES string of the molecule is COCCNCCNC(=O)c1cc(NC(=O)CC(C)C)ccc1Cl.Cl. The van der Waals surface area contributed by atoms with E-state index in [4.69, 9.17) is 16.3 Å². The fourth-order valence-corrected chi connectivity index (χ4v) is 2.22. The summed E-state index contributed by atoms with van der Waals surface area (Å²) >= 11 is 6.09. The highest BCUT2D eigenvalue weighted by atomic mass is 35.5. The van der Waals surface area contributed by atoms with Gasteiger partial charge in [0.2, 0.25) is 5.91 Å². The Hall–Kier alpha value is -1.34. The molecule has 0 fully saturated rings. The Morgan fingerprint density at radius 2 is 1.92 bits per heavy atom. The first-order valence-electron chi connectivity index (χ1n) is 8.01. The highest BCUT2D eigenvalue weighted by Gasteiger charge is 2.12. The van der Waals surface area contributed by atoms with Gasteiger partial charge in [0.15, 0.2) is 0 Å². The zero-order valence-corrected chi connectivity index (χ0v) is 16.4. The van der Waals surface area contributed by atoms with Crippen LogP contribution in [-0.4, -0.2) is 45.2 Å². The second-order valence-electron chi connectivity index (χ2n) is 5.84. The Labute approximate surface area is 160 Å². The van der Waals surface area contributed by atoms with Gasteiger partial charge in [-0.15, -0.1) is 12.4 Å². The van der Waals surface area contributed by atoms with Crippen LogP contribution in [0.3, 0.4) is 0 Å². The van der Waals surface area contributed by atoms with Crippen molar-refractivity contribution in [1.82, 2.24) is 10.6 Å². The number of methoxy groups -OCH3 is 1. The standard InChI is InChI=1S/C17H26ClN3O3.ClH/c1-12(2)10-16(22)21-13-4-5-15(18)14(11-13)17(23)20-7-6-19-8-9-24-3;/h4-5,11-12,19H,6-10H2,1-3H3,(H,20,23)(H,21,22);1H. The first-order valence-corrected chi connectivity index (χ1v) is 8.39. The Bertz CT molecular complexity index is 554. The number of amides is 2. The number of carbonyl (C=O) groups is 2. The summed E-state index contributed by atoms with van der Waals surface area (Å²) in [5.41, 5.74) is 0.907. The molecule has 0 aliphatic rings. The van der Waals surface area contributed by atoms with E-state index in [1.54, 1.807) is 25.3 Å². The van der Waals surface area contributed by atoms with Crippen molar-refractivity contribution in [1.29, 1.82) is 0 Å². The largest absolute Gasteiger partial charge is 0.383 e. The molecule has 0 aliphatic heterocycles. The summed E-state index contributed by atoms with van der Waals surface area (Å²) in [4.78, 5) is 24.0. The molecule has 0 heterocycles. The second-order valence-corrected chi connectivity index (χ2v) is 6.25. The number of benzene rings is 1. The summed E-state index contributed by atoms with van der Waals surface area (Å²) in [6.07, 6.45) is 0.428. The minimum atomic E-state index is -0.270. The lowest BCUT2D eigenvalue weighted by atomic mass is 10.1. The number of halogens is 2. The molecule has 0 aliphatic carbocycles. The molecule has 0 radical (unpaired) electrons. The lowest BCUT2D eigenvalue weighted by Crippen LogP contribution is -2.33. The van der Waals surface area contributed by atoms with Gasteiger partial charge in [0.1, 0.15) is 0 Å². The number of hydrogen-bond acceptors (Lipinski definition) is 4. The van der Waals surface area contributed by atoms with Crippen molar-refractivity contribution in [3.05, 3.63) is 28.8 Å². The van der Waals surface area contributed by atoms with Gasteiger partial charge in [-0.1, -0.05) is 25.4 Å². The molecule has 8 heteroatoms. The maximum Gasteiger partial charge on any atom is 0.252 e. The first kappa shape index (κ1) is 23.7. The zero-order chi connectivity index (χ0) is 17.9. The van der Waals surface area contributed by atoms with Crippen molar-refractivity contribution in [3.63, 3.8) is 0 Å². The molecule has 0 aromatic heterocycles. The number of carbonyl (C=O) groups excluding carboxylic acids is 2. The molecule has 1 aromatic carbocycles. The molecular formula is C17H27Cl2N3O3. The number of ether oxygens (including phenoxy) is 1. The number of anilines is 1. The lowest BCUT2D eigenvalue weighted by Gasteiger charge is -2.11. The van der Waals surface area contributed by atoms with Crippen LogP contribution in [0.4, 0.5) is 5.69 Å². The lowest BCUT2D eigenvalue weighted by molar-refractivity contribution is -0.116. The zero-order valence-electron chi connectivity index (χ0n) is 14.9. The number of hydrogen-bond donors (Lipinski definition) is 3. The van der Waals surface area contributed by atoms with Crippen LogP contribution in [0, 0.1) is 5.92 Å². The van der Waals surface area contributed by atoms with Gasteiger partial charge < -0.3 is 20.7 Å². The predicted octanol–water partition coefficient (Wildman–Crippen LogP) is 2.71. The maximum absolute atomic E-state index is 12.2. The Balaban J connectivity index is 0.00000576. The van der Waals surface area contributed by atoms with E-state index >= 15 is 0 Å². The molecule has 2 amide bonds. The summed E-state index contributed by atoms with van der Waals surface area (Å²) in [6.45, 7) is 6.41. The van der Waals surface area contributed by atoms with E-state index in [9.17, 15) is 9.59 Å². The summed E-state index contributed by atoms with van der Waals surface area (Å²) in [5, 5.41) is 9.05. The van der Waals surface area contributed by atoms with Gasteiger partial charge in [0.05, 0.1) is 17.2 Å². The molecule has 0 saturated carbocycles. The third-order valence-electron chi connectivity index (χ3n) is 3.16. The quantitative estimate of drug-likeness (QED) is 0.535. The van der Waals surface area contributed by atoms with E-state index < -0.39 is 0 Å². The van der Waals surface area contributed by atoms with Crippen molar-refractivity contribution >= 4 is 41.5 Å². The van der Waals surface area contributed by atoms with Crippen molar-refractivity contribution < 1.29 is 14.3 Å². The van der Waals surface area contributed by atoms with Crippen molar-refractivity contribution in [2.24, 2.45) is 5.92 Å². The van der Waals surface area contributed by atoms with Crippen LogP contribution in [-0.2, 0) is 9.53 Å². The molecule has 0 saturated heterocycles. The molecule has 142 valence electrons. The van der Waals surface area contributed by atoms with Gasteiger partial charge in [0.25, 0.3) is 5.91 Å². The topological polar surface area (TPSA) is 79.5 Å². The molecule has 1 aromatic rings. The molecule has 3 N–H and O–H groups in total. The molecule has 0 bridgehead atoms. The first-order chi connectivity index (χ1) is 11.4. The van der Waals surface area contributed by atoms with Crippen LogP contribution in [0.1, 0.15) is 30.6 Å². The highest BCUT2D eigenvalue weighted by molar-refractivity contribution is 6.34. The Morgan fingerprint density at radius 1 is 1.20 bits per heavy atom. The van der Waals surface area contributed by atoms with Gasteiger partial charge in [0, 0.05) is 38.9 Å². The third kappa shape index (κ3) is 9.65. The van der Waals surface area contributed by atoms with Crippen LogP contribution in [0.5, 0.6) is 0 Å². The molecule has 0 unspecified atom stereocenters. The maximum atomic E-state index is 12.2.